The van der Waals surface area contributed by atoms with E-state index in [4.69, 9.17) is 9.97 Å². The van der Waals surface area contributed by atoms with Crippen LogP contribution in [0.3, 0.4) is 0 Å². The molecule has 53 heavy (non-hydrogen) atoms. The molecule has 0 bridgehead atoms. The Kier molecular flexibility index (Phi) is 5.90. The van der Waals surface area contributed by atoms with Crippen molar-refractivity contribution in [2.75, 3.05) is 0 Å². The molecule has 4 aromatic heterocycles. The Labute approximate surface area is 307 Å². The lowest BCUT2D eigenvalue weighted by atomic mass is 10.0. The summed E-state index contributed by atoms with van der Waals surface area (Å²) >= 11 is 1.84. The molecule has 0 amide bonds. The summed E-state index contributed by atoms with van der Waals surface area (Å²) in [7, 11) is 0. The third-order valence-electron chi connectivity index (χ3n) is 10.9. The van der Waals surface area contributed by atoms with Crippen molar-refractivity contribution < 1.29 is 0 Å². The molecule has 5 heteroatoms. The molecule has 0 saturated carbocycles. The molecule has 0 fully saturated rings. The van der Waals surface area contributed by atoms with E-state index in [0.717, 1.165) is 38.9 Å². The molecule has 0 aliphatic heterocycles. The average Bonchev–Trinajstić information content (AvgIpc) is 3.88. The van der Waals surface area contributed by atoms with Gasteiger partial charge in [-0.1, -0.05) is 109 Å². The molecule has 12 aromatic rings. The predicted molar refractivity (Wildman–Crippen MR) is 224 cm³/mol. The van der Waals surface area contributed by atoms with Gasteiger partial charge in [0.1, 0.15) is 0 Å². The van der Waals surface area contributed by atoms with Crippen molar-refractivity contribution in [2.45, 2.75) is 0 Å². The van der Waals surface area contributed by atoms with Gasteiger partial charge in [0.2, 0.25) is 5.95 Å². The molecular formula is C48H28N4S. The highest BCUT2D eigenvalue weighted by atomic mass is 32.1. The van der Waals surface area contributed by atoms with Crippen molar-refractivity contribution in [3.63, 3.8) is 0 Å². The summed E-state index contributed by atoms with van der Waals surface area (Å²) in [6, 6.07) is 61.2. The second-order valence-electron chi connectivity index (χ2n) is 13.8. The first-order valence-electron chi connectivity index (χ1n) is 17.9. The summed E-state index contributed by atoms with van der Waals surface area (Å²) in [5, 5.41) is 10.9. The van der Waals surface area contributed by atoms with Gasteiger partial charge in [-0.25, -0.2) is 9.97 Å². The molecule has 0 radical (unpaired) electrons. The molecule has 8 aromatic carbocycles. The monoisotopic (exact) mass is 692 g/mol. The van der Waals surface area contributed by atoms with Gasteiger partial charge in [0.05, 0.1) is 33.3 Å². The van der Waals surface area contributed by atoms with E-state index in [1.807, 2.05) is 11.3 Å². The Morgan fingerprint density at radius 1 is 0.396 bits per heavy atom. The van der Waals surface area contributed by atoms with Gasteiger partial charge in [0, 0.05) is 58.4 Å². The fraction of sp³-hybridized carbons (Fsp3) is 0. The van der Waals surface area contributed by atoms with Crippen molar-refractivity contribution in [2.24, 2.45) is 0 Å². The van der Waals surface area contributed by atoms with Crippen LogP contribution in [0.15, 0.2) is 170 Å². The first-order valence-corrected chi connectivity index (χ1v) is 18.7. The van der Waals surface area contributed by atoms with E-state index in [1.54, 1.807) is 0 Å². The summed E-state index contributed by atoms with van der Waals surface area (Å²) in [4.78, 5) is 10.8. The van der Waals surface area contributed by atoms with Gasteiger partial charge in [-0.05, 0) is 71.4 Å². The van der Waals surface area contributed by atoms with Crippen molar-refractivity contribution in [3.05, 3.63) is 170 Å². The van der Waals surface area contributed by atoms with Gasteiger partial charge < -0.3 is 4.57 Å². The SMILES string of the molecule is c1ccc2c(c1)ccc1c2c2cc(-n3c4ccccc4c4ccccc43)ccc2n1-c1nc(-c2ccc3sc4ccccc4c3c2)c2ccccc2n1. The number of benzene rings is 8. The quantitative estimate of drug-likeness (QED) is 0.185. The van der Waals surface area contributed by atoms with E-state index in [9.17, 15) is 0 Å². The normalized spacial score (nSPS) is 12.2. The highest BCUT2D eigenvalue weighted by Gasteiger charge is 2.21. The number of aromatic nitrogens is 4. The Bertz CT molecular complexity index is 3420. The van der Waals surface area contributed by atoms with E-state index in [0.29, 0.717) is 5.95 Å². The standard InChI is InChI=1S/C48H28N4S/c1-2-12-32-29(11-1)21-24-43-46(32)38-28-31(51-40-18-8-4-13-33(40)34-14-5-9-19-41(34)51)23-25-42(38)52(43)48-49-39-17-7-3-16-36(39)47(50-48)30-22-26-45-37(27-30)35-15-6-10-20-44(35)53-45/h1-28H. The van der Waals surface area contributed by atoms with Gasteiger partial charge >= 0.3 is 0 Å². The molecule has 0 saturated heterocycles. The van der Waals surface area contributed by atoms with Crippen LogP contribution in [-0.2, 0) is 0 Å². The lowest BCUT2D eigenvalue weighted by molar-refractivity contribution is 1.01. The van der Waals surface area contributed by atoms with E-state index < -0.39 is 0 Å². The Morgan fingerprint density at radius 3 is 1.87 bits per heavy atom. The minimum atomic E-state index is 0.661. The number of rotatable bonds is 3. The maximum Gasteiger partial charge on any atom is 0.235 e. The van der Waals surface area contributed by atoms with Crippen LogP contribution >= 0.6 is 11.3 Å². The third kappa shape index (κ3) is 4.11. The summed E-state index contributed by atoms with van der Waals surface area (Å²) < 4.78 is 7.24. The highest BCUT2D eigenvalue weighted by molar-refractivity contribution is 7.25. The van der Waals surface area contributed by atoms with Crippen LogP contribution in [0, 0.1) is 0 Å². The van der Waals surface area contributed by atoms with Crippen LogP contribution in [0.1, 0.15) is 0 Å². The first-order chi connectivity index (χ1) is 26.3. The number of thiophene rings is 1. The van der Waals surface area contributed by atoms with E-state index in [-0.39, 0.29) is 0 Å². The van der Waals surface area contributed by atoms with E-state index in [2.05, 4.69) is 179 Å². The van der Waals surface area contributed by atoms with Crippen LogP contribution < -0.4 is 0 Å². The van der Waals surface area contributed by atoms with Gasteiger partial charge in [0.25, 0.3) is 0 Å². The molecule has 246 valence electrons. The molecule has 0 atom stereocenters. The Morgan fingerprint density at radius 2 is 1.04 bits per heavy atom. The van der Waals surface area contributed by atoms with Crippen LogP contribution in [-0.4, -0.2) is 19.1 Å². The highest BCUT2D eigenvalue weighted by Crippen LogP contribution is 2.41. The summed E-state index contributed by atoms with van der Waals surface area (Å²) in [6.07, 6.45) is 0. The van der Waals surface area contributed by atoms with Crippen molar-refractivity contribution in [1.82, 2.24) is 19.1 Å². The number of fused-ring (bicyclic) bond motifs is 12. The topological polar surface area (TPSA) is 35.6 Å². The Balaban J connectivity index is 1.16. The van der Waals surface area contributed by atoms with Gasteiger partial charge in [-0.3, -0.25) is 4.57 Å². The summed E-state index contributed by atoms with van der Waals surface area (Å²) in [5.74, 6) is 0.661. The van der Waals surface area contributed by atoms with Crippen molar-refractivity contribution >= 4 is 96.8 Å². The van der Waals surface area contributed by atoms with Gasteiger partial charge in [-0.2, -0.15) is 0 Å². The number of hydrogen-bond acceptors (Lipinski definition) is 3. The Hall–Kier alpha value is -6.82. The lowest BCUT2D eigenvalue weighted by Gasteiger charge is -2.12. The zero-order valence-electron chi connectivity index (χ0n) is 28.4. The zero-order chi connectivity index (χ0) is 34.6. The van der Waals surface area contributed by atoms with E-state index >= 15 is 0 Å². The maximum absolute atomic E-state index is 5.47. The summed E-state index contributed by atoms with van der Waals surface area (Å²) in [6.45, 7) is 0. The minimum Gasteiger partial charge on any atom is -0.309 e. The zero-order valence-corrected chi connectivity index (χ0v) is 29.2. The minimum absolute atomic E-state index is 0.661. The molecular weight excluding hydrogens is 665 g/mol. The van der Waals surface area contributed by atoms with Crippen LogP contribution in [0.25, 0.3) is 108 Å². The van der Waals surface area contributed by atoms with Crippen LogP contribution in [0.2, 0.25) is 0 Å². The smallest absolute Gasteiger partial charge is 0.235 e. The molecule has 0 N–H and O–H groups in total. The van der Waals surface area contributed by atoms with Crippen molar-refractivity contribution in [1.29, 1.82) is 0 Å². The lowest BCUT2D eigenvalue weighted by Crippen LogP contribution is -2.03. The summed E-state index contributed by atoms with van der Waals surface area (Å²) in [5.41, 5.74) is 8.60. The molecule has 12 rings (SSSR count). The fourth-order valence-corrected chi connectivity index (χ4v) is 9.68. The molecule has 0 aliphatic rings. The number of para-hydroxylation sites is 3. The third-order valence-corrected chi connectivity index (χ3v) is 12.1. The number of nitrogens with zero attached hydrogens (tertiary/aromatic N) is 4. The van der Waals surface area contributed by atoms with Crippen LogP contribution in [0.5, 0.6) is 0 Å². The van der Waals surface area contributed by atoms with E-state index in [1.165, 1.54) is 63.5 Å². The van der Waals surface area contributed by atoms with Gasteiger partial charge in [-0.15, -0.1) is 11.3 Å². The molecule has 0 unspecified atom stereocenters. The second kappa shape index (κ2) is 10.8. The van der Waals surface area contributed by atoms with Gasteiger partial charge in [0.15, 0.2) is 0 Å². The molecule has 4 heterocycles. The average molecular weight is 693 g/mol. The van der Waals surface area contributed by atoms with Crippen molar-refractivity contribution in [3.8, 4) is 22.9 Å². The number of hydrogen-bond donors (Lipinski definition) is 0. The molecule has 4 nitrogen and oxygen atoms in total. The molecule has 0 aliphatic carbocycles. The predicted octanol–water partition coefficient (Wildman–Crippen LogP) is 13.0. The largest absolute Gasteiger partial charge is 0.309 e. The fourth-order valence-electron chi connectivity index (χ4n) is 8.59. The van der Waals surface area contributed by atoms with Crippen LogP contribution in [0.4, 0.5) is 0 Å². The molecule has 0 spiro atoms. The second-order valence-corrected chi connectivity index (χ2v) is 14.9. The first kappa shape index (κ1) is 28.8. The maximum atomic E-state index is 5.47.